The molecule has 1 aliphatic carbocycles. The maximum absolute atomic E-state index is 13.3. The van der Waals surface area contributed by atoms with Gasteiger partial charge in [-0.05, 0) is 68.1 Å². The third-order valence-corrected chi connectivity index (χ3v) is 7.56. The predicted molar refractivity (Wildman–Crippen MR) is 150 cm³/mol. The Morgan fingerprint density at radius 1 is 0.949 bits per heavy atom. The lowest BCUT2D eigenvalue weighted by atomic mass is 9.92. The fraction of sp³-hybridized carbons (Fsp3) is 0.467. The highest BCUT2D eigenvalue weighted by molar-refractivity contribution is 6.02. The minimum Gasteiger partial charge on any atom is -0.504 e. The molecule has 0 spiro atoms. The van der Waals surface area contributed by atoms with E-state index in [1.165, 1.54) is 12.1 Å². The number of nitrogens with one attached hydrogen (secondary N) is 2. The van der Waals surface area contributed by atoms with E-state index in [9.17, 15) is 30.0 Å². The summed E-state index contributed by atoms with van der Waals surface area (Å²) >= 11 is 0. The largest absolute Gasteiger partial charge is 0.504 e. The Balaban J connectivity index is 1.52. The van der Waals surface area contributed by atoms with Crippen molar-refractivity contribution in [2.24, 2.45) is 0 Å². The van der Waals surface area contributed by atoms with Crippen LogP contribution in [0.3, 0.4) is 0 Å². The molecule has 0 unspecified atom stereocenters. The summed E-state index contributed by atoms with van der Waals surface area (Å²) in [5, 5.41) is 45.1. The molecule has 2 aromatic carbocycles. The lowest BCUT2D eigenvalue weighted by molar-refractivity contribution is -0.124. The van der Waals surface area contributed by atoms with Gasteiger partial charge in [0.15, 0.2) is 11.5 Å². The number of anilines is 1. The fourth-order valence-corrected chi connectivity index (χ4v) is 4.98. The summed E-state index contributed by atoms with van der Waals surface area (Å²) in [5.41, 5.74) is 1.54. The van der Waals surface area contributed by atoms with E-state index < -0.39 is 11.0 Å². The molecule has 0 atom stereocenters. The third-order valence-electron chi connectivity index (χ3n) is 7.56. The van der Waals surface area contributed by atoms with E-state index in [1.54, 1.807) is 13.0 Å². The smallest absolute Gasteiger partial charge is 0.235 e. The maximum atomic E-state index is 13.3. The van der Waals surface area contributed by atoms with E-state index in [4.69, 9.17) is 0 Å². The van der Waals surface area contributed by atoms with Gasteiger partial charge in [-0.2, -0.15) is 0 Å². The Bertz CT molecular complexity index is 1380. The van der Waals surface area contributed by atoms with Crippen LogP contribution in [-0.2, 0) is 27.0 Å². The second-order valence-corrected chi connectivity index (χ2v) is 12.0. The van der Waals surface area contributed by atoms with Gasteiger partial charge in [-0.25, -0.2) is 0 Å². The number of amides is 2. The minimum absolute atomic E-state index is 0.147. The first-order valence-corrected chi connectivity index (χ1v) is 13.3. The van der Waals surface area contributed by atoms with Crippen LogP contribution in [0.2, 0.25) is 0 Å². The van der Waals surface area contributed by atoms with Crippen molar-refractivity contribution in [3.05, 3.63) is 53.7 Å². The molecule has 0 radical (unpaired) electrons. The minimum atomic E-state index is -1.05. The zero-order chi connectivity index (χ0) is 28.6. The van der Waals surface area contributed by atoms with Gasteiger partial charge in [0.2, 0.25) is 11.8 Å². The molecule has 1 aromatic heterocycles. The molecule has 0 aliphatic heterocycles. The SMILES string of the molecule is CC(CO)(CO)NC(=O)CCCn1c(C(C)(C)C)cc2cc(NC(=O)C3(c4ccc(O)c(O)c4)CC3)ccc21. The fourth-order valence-electron chi connectivity index (χ4n) is 4.98. The number of fused-ring (bicyclic) bond motifs is 1. The highest BCUT2D eigenvalue weighted by atomic mass is 16.3. The number of benzene rings is 2. The van der Waals surface area contributed by atoms with Gasteiger partial charge in [0.1, 0.15) is 0 Å². The topological polar surface area (TPSA) is 144 Å². The average molecular weight is 538 g/mol. The van der Waals surface area contributed by atoms with E-state index in [0.29, 0.717) is 37.1 Å². The van der Waals surface area contributed by atoms with Crippen LogP contribution in [0.15, 0.2) is 42.5 Å². The summed E-state index contributed by atoms with van der Waals surface area (Å²) in [6.07, 6.45) is 2.16. The highest BCUT2D eigenvalue weighted by Gasteiger charge is 2.51. The summed E-state index contributed by atoms with van der Waals surface area (Å²) in [5.74, 6) is -0.826. The van der Waals surface area contributed by atoms with Gasteiger partial charge in [0.25, 0.3) is 0 Å². The summed E-state index contributed by atoms with van der Waals surface area (Å²) < 4.78 is 2.20. The average Bonchev–Trinajstić information content (AvgIpc) is 3.61. The number of phenols is 2. The van der Waals surface area contributed by atoms with Gasteiger partial charge in [-0.15, -0.1) is 0 Å². The molecule has 9 nitrogen and oxygen atoms in total. The molecule has 3 aromatic rings. The zero-order valence-electron chi connectivity index (χ0n) is 23.0. The second-order valence-electron chi connectivity index (χ2n) is 12.0. The molecule has 1 fully saturated rings. The number of phenolic OH excluding ortho intramolecular Hbond substituents is 2. The van der Waals surface area contributed by atoms with Gasteiger partial charge in [0.05, 0.1) is 24.2 Å². The second kappa shape index (κ2) is 10.5. The number of nitrogens with zero attached hydrogens (tertiary/aromatic N) is 1. The molecule has 2 amide bonds. The first kappa shape index (κ1) is 28.4. The quantitative estimate of drug-likeness (QED) is 0.218. The van der Waals surface area contributed by atoms with Crippen LogP contribution < -0.4 is 10.6 Å². The van der Waals surface area contributed by atoms with Crippen molar-refractivity contribution >= 4 is 28.4 Å². The Labute approximate surface area is 228 Å². The summed E-state index contributed by atoms with van der Waals surface area (Å²) in [4.78, 5) is 25.7. The summed E-state index contributed by atoms with van der Waals surface area (Å²) in [6.45, 7) is 7.91. The number of aryl methyl sites for hydroxylation is 1. The number of carbonyl (C=O) groups excluding carboxylic acids is 2. The van der Waals surface area contributed by atoms with E-state index in [-0.39, 0.29) is 48.4 Å². The Hall–Kier alpha value is -3.56. The van der Waals surface area contributed by atoms with Crippen LogP contribution in [0.25, 0.3) is 10.9 Å². The van der Waals surface area contributed by atoms with Gasteiger partial charge < -0.3 is 35.6 Å². The summed E-state index contributed by atoms with van der Waals surface area (Å²) in [6, 6.07) is 12.4. The van der Waals surface area contributed by atoms with E-state index in [2.05, 4.69) is 42.0 Å². The molecule has 9 heteroatoms. The maximum Gasteiger partial charge on any atom is 0.235 e. The lowest BCUT2D eigenvalue weighted by Crippen LogP contribution is -2.51. The van der Waals surface area contributed by atoms with Crippen molar-refractivity contribution in [1.29, 1.82) is 0 Å². The molecular weight excluding hydrogens is 498 g/mol. The standard InChI is InChI=1S/C30H39N3O6/c1-28(2,3)25-15-19-14-21(31-27(39)30(11-12-30)20-7-10-23(36)24(37)16-20)8-9-22(19)33(25)13-5-6-26(38)32-29(4,17-34)18-35/h7-10,14-16,34-37H,5-6,11-13,17-18H2,1-4H3,(H,31,39)(H,32,38). The number of aromatic hydroxyl groups is 2. The zero-order valence-corrected chi connectivity index (χ0v) is 23.0. The molecule has 6 N–H and O–H groups in total. The number of aliphatic hydroxyl groups excluding tert-OH is 2. The molecule has 1 aliphatic rings. The van der Waals surface area contributed by atoms with Gasteiger partial charge in [-0.1, -0.05) is 26.8 Å². The number of hydrogen-bond acceptors (Lipinski definition) is 6. The molecule has 4 rings (SSSR count). The van der Waals surface area contributed by atoms with Crippen LogP contribution in [-0.4, -0.2) is 55.6 Å². The van der Waals surface area contributed by atoms with E-state index in [1.807, 2.05) is 18.2 Å². The van der Waals surface area contributed by atoms with Crippen molar-refractivity contribution in [2.75, 3.05) is 18.5 Å². The van der Waals surface area contributed by atoms with Crippen LogP contribution in [0.5, 0.6) is 11.5 Å². The predicted octanol–water partition coefficient (Wildman–Crippen LogP) is 3.66. The molecule has 1 heterocycles. The van der Waals surface area contributed by atoms with Crippen molar-refractivity contribution in [1.82, 2.24) is 9.88 Å². The van der Waals surface area contributed by atoms with E-state index >= 15 is 0 Å². The summed E-state index contributed by atoms with van der Waals surface area (Å²) in [7, 11) is 0. The molecule has 0 bridgehead atoms. The first-order valence-electron chi connectivity index (χ1n) is 13.3. The monoisotopic (exact) mass is 537 g/mol. The number of rotatable bonds is 10. The van der Waals surface area contributed by atoms with Gasteiger partial charge in [-0.3, -0.25) is 9.59 Å². The molecule has 210 valence electrons. The molecule has 1 saturated carbocycles. The van der Waals surface area contributed by atoms with Crippen molar-refractivity contribution in [2.45, 2.75) is 76.3 Å². The number of aliphatic hydroxyl groups is 2. The molecule has 0 saturated heterocycles. The molecule has 39 heavy (non-hydrogen) atoms. The van der Waals surface area contributed by atoms with Crippen LogP contribution >= 0.6 is 0 Å². The Kier molecular flexibility index (Phi) is 7.69. The lowest BCUT2D eigenvalue weighted by Gasteiger charge is -2.26. The van der Waals surface area contributed by atoms with E-state index in [0.717, 1.165) is 16.6 Å². The van der Waals surface area contributed by atoms with Crippen molar-refractivity contribution in [3.8, 4) is 11.5 Å². The number of hydrogen-bond donors (Lipinski definition) is 6. The third kappa shape index (κ3) is 5.89. The van der Waals surface area contributed by atoms with Gasteiger partial charge in [0, 0.05) is 40.7 Å². The van der Waals surface area contributed by atoms with Gasteiger partial charge >= 0.3 is 0 Å². The first-order chi connectivity index (χ1) is 18.3. The normalized spacial score (nSPS) is 14.8. The van der Waals surface area contributed by atoms with Crippen LogP contribution in [0.4, 0.5) is 5.69 Å². The number of aromatic nitrogens is 1. The van der Waals surface area contributed by atoms with Crippen LogP contribution in [0, 0.1) is 0 Å². The Morgan fingerprint density at radius 2 is 1.64 bits per heavy atom. The molecular formula is C30H39N3O6. The van der Waals surface area contributed by atoms with Crippen LogP contribution in [0.1, 0.15) is 64.6 Å². The Morgan fingerprint density at radius 3 is 2.23 bits per heavy atom. The highest BCUT2D eigenvalue weighted by Crippen LogP contribution is 2.50. The number of carbonyl (C=O) groups is 2. The van der Waals surface area contributed by atoms with Crippen molar-refractivity contribution < 1.29 is 30.0 Å². The van der Waals surface area contributed by atoms with Crippen molar-refractivity contribution in [3.63, 3.8) is 0 Å².